The van der Waals surface area contributed by atoms with Crippen LogP contribution in [0.25, 0.3) is 10.8 Å². The molecule has 0 saturated heterocycles. The first-order valence-electron chi connectivity index (χ1n) is 12.3. The van der Waals surface area contributed by atoms with Crippen molar-refractivity contribution < 1.29 is 4.74 Å². The Morgan fingerprint density at radius 1 is 1.11 bits per heavy atom. The lowest BCUT2D eigenvalue weighted by molar-refractivity contribution is 0.218. The van der Waals surface area contributed by atoms with Crippen LogP contribution in [0.3, 0.4) is 0 Å². The summed E-state index contributed by atoms with van der Waals surface area (Å²) in [4.78, 5) is 6.21. The van der Waals surface area contributed by atoms with Gasteiger partial charge in [0.05, 0.1) is 5.56 Å². The minimum absolute atomic E-state index is 0.261. The molecule has 0 radical (unpaired) electrons. The van der Waals surface area contributed by atoms with Gasteiger partial charge in [-0.25, -0.2) is 4.99 Å². The van der Waals surface area contributed by atoms with Crippen LogP contribution in [0.15, 0.2) is 65.7 Å². The Balaban J connectivity index is 1.49. The van der Waals surface area contributed by atoms with Gasteiger partial charge in [-0.2, -0.15) is 5.26 Å². The molecule has 1 atom stereocenters. The summed E-state index contributed by atoms with van der Waals surface area (Å²) in [5.41, 5.74) is 4.17. The van der Waals surface area contributed by atoms with Crippen molar-refractivity contribution in [3.8, 4) is 11.8 Å². The highest BCUT2D eigenvalue weighted by molar-refractivity contribution is 7.16. The molecule has 4 aromatic rings. The van der Waals surface area contributed by atoms with Crippen molar-refractivity contribution in [3.05, 3.63) is 92.8 Å². The normalized spacial score (nSPS) is 15.7. The summed E-state index contributed by atoms with van der Waals surface area (Å²) in [6.07, 6.45) is 4.98. The van der Waals surface area contributed by atoms with Gasteiger partial charge in [-0.05, 0) is 70.7 Å². The van der Waals surface area contributed by atoms with E-state index in [9.17, 15) is 5.26 Å². The van der Waals surface area contributed by atoms with Gasteiger partial charge in [0.15, 0.2) is 0 Å². The molecule has 182 valence electrons. The summed E-state index contributed by atoms with van der Waals surface area (Å²) in [6.45, 7) is 7.37. The third-order valence-corrected chi connectivity index (χ3v) is 8.55. The van der Waals surface area contributed by atoms with Crippen LogP contribution in [-0.2, 0) is 19.4 Å². The molecule has 3 aromatic carbocycles. The third-order valence-electron chi connectivity index (χ3n) is 7.13. The fraction of sp³-hybridized carbons (Fsp3) is 0.290. The number of rotatable bonds is 5. The third kappa shape index (κ3) is 5.05. The van der Waals surface area contributed by atoms with E-state index in [4.69, 9.17) is 21.3 Å². The second kappa shape index (κ2) is 10.1. The molecule has 0 fully saturated rings. The smallest absolute Gasteiger partial charge is 0.134 e. The molecule has 1 aliphatic rings. The van der Waals surface area contributed by atoms with E-state index in [1.165, 1.54) is 10.4 Å². The zero-order valence-corrected chi connectivity index (χ0v) is 22.4. The van der Waals surface area contributed by atoms with Crippen LogP contribution in [-0.4, -0.2) is 6.21 Å². The summed E-state index contributed by atoms with van der Waals surface area (Å²) in [5, 5.41) is 13.7. The minimum Gasteiger partial charge on any atom is -0.488 e. The number of halogens is 1. The van der Waals surface area contributed by atoms with Gasteiger partial charge in [0.1, 0.15) is 23.4 Å². The molecule has 0 N–H and O–H groups in total. The number of aliphatic imine (C=N–C) groups is 1. The molecule has 0 aliphatic heterocycles. The van der Waals surface area contributed by atoms with Crippen LogP contribution in [0.5, 0.6) is 5.75 Å². The van der Waals surface area contributed by atoms with Gasteiger partial charge in [-0.1, -0.05) is 74.8 Å². The molecular formula is C31H29ClN2OS. The Labute approximate surface area is 222 Å². The molecule has 0 amide bonds. The topological polar surface area (TPSA) is 45.4 Å². The zero-order chi connectivity index (χ0) is 25.3. The Morgan fingerprint density at radius 2 is 1.89 bits per heavy atom. The number of hydrogen-bond donors (Lipinski definition) is 0. The van der Waals surface area contributed by atoms with Gasteiger partial charge in [-0.15, -0.1) is 11.3 Å². The van der Waals surface area contributed by atoms with Crippen molar-refractivity contribution in [2.75, 3.05) is 0 Å². The number of thiophene rings is 1. The van der Waals surface area contributed by atoms with Crippen molar-refractivity contribution in [2.45, 2.75) is 46.6 Å². The Kier molecular flexibility index (Phi) is 6.88. The SMILES string of the molecule is CC(C)(C)[C@H]1CCc2c(sc(N=Cc3c(OCc4ccc(Cl)cc4)ccc4ccccc34)c2C#N)C1. The van der Waals surface area contributed by atoms with Gasteiger partial charge < -0.3 is 4.74 Å². The quantitative estimate of drug-likeness (QED) is 0.250. The van der Waals surface area contributed by atoms with Gasteiger partial charge in [-0.3, -0.25) is 0 Å². The summed E-state index contributed by atoms with van der Waals surface area (Å²) >= 11 is 7.71. The molecular weight excluding hydrogens is 484 g/mol. The molecule has 0 unspecified atom stereocenters. The molecule has 3 nitrogen and oxygen atoms in total. The van der Waals surface area contributed by atoms with Crippen LogP contribution in [0.1, 0.15) is 54.3 Å². The van der Waals surface area contributed by atoms with E-state index >= 15 is 0 Å². The molecule has 36 heavy (non-hydrogen) atoms. The van der Waals surface area contributed by atoms with Gasteiger partial charge >= 0.3 is 0 Å². The van der Waals surface area contributed by atoms with Crippen molar-refractivity contribution in [3.63, 3.8) is 0 Å². The van der Waals surface area contributed by atoms with Crippen LogP contribution in [0.4, 0.5) is 5.00 Å². The largest absolute Gasteiger partial charge is 0.488 e. The second-order valence-electron chi connectivity index (χ2n) is 10.5. The van der Waals surface area contributed by atoms with Crippen molar-refractivity contribution >= 4 is 44.9 Å². The van der Waals surface area contributed by atoms with Crippen molar-refractivity contribution in [1.82, 2.24) is 0 Å². The number of benzene rings is 3. The van der Waals surface area contributed by atoms with E-state index in [-0.39, 0.29) is 5.41 Å². The van der Waals surface area contributed by atoms with Gasteiger partial charge in [0, 0.05) is 21.7 Å². The molecule has 1 aliphatic carbocycles. The number of fused-ring (bicyclic) bond motifs is 2. The van der Waals surface area contributed by atoms with E-state index < -0.39 is 0 Å². The monoisotopic (exact) mass is 512 g/mol. The fourth-order valence-electron chi connectivity index (χ4n) is 4.92. The minimum atomic E-state index is 0.261. The van der Waals surface area contributed by atoms with Crippen LogP contribution in [0, 0.1) is 22.7 Å². The summed E-state index contributed by atoms with van der Waals surface area (Å²) in [7, 11) is 0. The molecule has 1 heterocycles. The molecule has 5 heteroatoms. The highest BCUT2D eigenvalue weighted by Gasteiger charge is 2.32. The zero-order valence-electron chi connectivity index (χ0n) is 20.8. The summed E-state index contributed by atoms with van der Waals surface area (Å²) in [6, 6.07) is 22.4. The van der Waals surface area contributed by atoms with E-state index in [1.807, 2.05) is 48.7 Å². The molecule has 0 spiro atoms. The Bertz CT molecular complexity index is 1470. The Hall–Kier alpha value is -3.13. The first-order valence-corrected chi connectivity index (χ1v) is 13.5. The summed E-state index contributed by atoms with van der Waals surface area (Å²) in [5.74, 6) is 1.39. The lowest BCUT2D eigenvalue weighted by Gasteiger charge is -2.33. The average Bonchev–Trinajstić information content (AvgIpc) is 3.23. The molecule has 5 rings (SSSR count). The first kappa shape index (κ1) is 24.6. The van der Waals surface area contributed by atoms with Crippen LogP contribution < -0.4 is 4.74 Å². The van der Waals surface area contributed by atoms with E-state index in [2.05, 4.69) is 45.0 Å². The highest BCUT2D eigenvalue weighted by Crippen LogP contribution is 2.45. The first-order chi connectivity index (χ1) is 17.3. The maximum atomic E-state index is 9.99. The maximum absolute atomic E-state index is 9.99. The van der Waals surface area contributed by atoms with Crippen molar-refractivity contribution in [1.29, 1.82) is 5.26 Å². The second-order valence-corrected chi connectivity index (χ2v) is 12.0. The molecule has 0 bridgehead atoms. The number of hydrogen-bond acceptors (Lipinski definition) is 4. The lowest BCUT2D eigenvalue weighted by atomic mass is 9.72. The van der Waals surface area contributed by atoms with E-state index in [0.717, 1.165) is 57.5 Å². The van der Waals surface area contributed by atoms with Crippen LogP contribution in [0.2, 0.25) is 5.02 Å². The van der Waals surface area contributed by atoms with E-state index in [1.54, 1.807) is 11.3 Å². The van der Waals surface area contributed by atoms with E-state index in [0.29, 0.717) is 17.5 Å². The van der Waals surface area contributed by atoms with Crippen LogP contribution >= 0.6 is 22.9 Å². The van der Waals surface area contributed by atoms with Crippen molar-refractivity contribution in [2.24, 2.45) is 16.3 Å². The highest BCUT2D eigenvalue weighted by atomic mass is 35.5. The van der Waals surface area contributed by atoms with Gasteiger partial charge in [0.25, 0.3) is 0 Å². The maximum Gasteiger partial charge on any atom is 0.134 e. The molecule has 0 saturated carbocycles. The standard InChI is InChI=1S/C31H29ClN2OS/c1-31(2,3)22-11-14-25-26(17-33)30(36-29(25)16-22)34-18-27-24-7-5-4-6-21(24)10-15-28(27)35-19-20-8-12-23(32)13-9-20/h4-10,12-13,15,18,22H,11,14,16,19H2,1-3H3/t22-/m0/s1. The molecule has 1 aromatic heterocycles. The fourth-order valence-corrected chi connectivity index (χ4v) is 6.26. The predicted molar refractivity (Wildman–Crippen MR) is 151 cm³/mol. The lowest BCUT2D eigenvalue weighted by Crippen LogP contribution is -2.26. The predicted octanol–water partition coefficient (Wildman–Crippen LogP) is 8.91. The number of nitriles is 1. The summed E-state index contributed by atoms with van der Waals surface area (Å²) < 4.78 is 6.25. The number of nitrogens with zero attached hydrogens (tertiary/aromatic N) is 2. The Morgan fingerprint density at radius 3 is 2.64 bits per heavy atom. The average molecular weight is 513 g/mol. The van der Waals surface area contributed by atoms with Gasteiger partial charge in [0.2, 0.25) is 0 Å². The number of ether oxygens (including phenoxy) is 1.